The van der Waals surface area contributed by atoms with E-state index in [2.05, 4.69) is 20.6 Å². The Kier molecular flexibility index (Phi) is 3.46. The number of hydrogen-bond donors (Lipinski definition) is 2. The van der Waals surface area contributed by atoms with Gasteiger partial charge in [-0.3, -0.25) is 0 Å². The van der Waals surface area contributed by atoms with Crippen molar-refractivity contribution in [3.63, 3.8) is 0 Å². The monoisotopic (exact) mass is 246 g/mol. The van der Waals surface area contributed by atoms with Gasteiger partial charge < -0.3 is 10.6 Å². The first-order valence-electron chi connectivity index (χ1n) is 7.09. The Bertz CT molecular complexity index is 363. The molecule has 0 unspecified atom stereocenters. The van der Waals surface area contributed by atoms with Crippen LogP contribution in [0.15, 0.2) is 18.7 Å². The van der Waals surface area contributed by atoms with Gasteiger partial charge in [-0.25, -0.2) is 9.97 Å². The second-order valence-electron chi connectivity index (χ2n) is 5.80. The fourth-order valence-corrected chi connectivity index (χ4v) is 3.44. The second kappa shape index (κ2) is 5.22. The summed E-state index contributed by atoms with van der Waals surface area (Å²) >= 11 is 0. The average molecular weight is 246 g/mol. The molecule has 3 rings (SSSR count). The van der Waals surface area contributed by atoms with Gasteiger partial charge in [-0.15, -0.1) is 0 Å². The molecule has 2 N–H and O–H groups in total. The summed E-state index contributed by atoms with van der Waals surface area (Å²) in [6.45, 7) is 2.43. The summed E-state index contributed by atoms with van der Waals surface area (Å²) in [5, 5.41) is 7.04. The average Bonchev–Trinajstić information content (AvgIpc) is 2.44. The molecular weight excluding hydrogens is 224 g/mol. The number of nitrogens with zero attached hydrogens (tertiary/aromatic N) is 2. The molecule has 1 saturated heterocycles. The van der Waals surface area contributed by atoms with Crippen molar-refractivity contribution in [3.05, 3.63) is 18.7 Å². The van der Waals surface area contributed by atoms with Crippen molar-refractivity contribution in [2.45, 2.75) is 44.6 Å². The van der Waals surface area contributed by atoms with Crippen LogP contribution >= 0.6 is 0 Å². The van der Waals surface area contributed by atoms with Crippen molar-refractivity contribution >= 4 is 5.69 Å². The molecule has 0 atom stereocenters. The summed E-state index contributed by atoms with van der Waals surface area (Å²) in [6, 6.07) is 0.608. The molecule has 4 heteroatoms. The molecule has 2 aliphatic rings. The smallest absolute Gasteiger partial charge is 0.115 e. The highest BCUT2D eigenvalue weighted by Crippen LogP contribution is 2.43. The number of aromatic nitrogens is 2. The Morgan fingerprint density at radius 3 is 2.39 bits per heavy atom. The van der Waals surface area contributed by atoms with Crippen molar-refractivity contribution in [3.8, 4) is 0 Å². The molecule has 1 spiro atoms. The first-order chi connectivity index (χ1) is 8.86. The molecule has 1 saturated carbocycles. The van der Waals surface area contributed by atoms with Gasteiger partial charge in [0, 0.05) is 6.04 Å². The molecule has 1 aliphatic carbocycles. The van der Waals surface area contributed by atoms with Crippen molar-refractivity contribution in [2.75, 3.05) is 18.4 Å². The van der Waals surface area contributed by atoms with E-state index in [1.807, 2.05) is 12.4 Å². The lowest BCUT2D eigenvalue weighted by Crippen LogP contribution is -2.41. The van der Waals surface area contributed by atoms with Crippen molar-refractivity contribution in [1.29, 1.82) is 0 Å². The lowest BCUT2D eigenvalue weighted by atomic mass is 9.67. The van der Waals surface area contributed by atoms with Crippen LogP contribution in [-0.2, 0) is 0 Å². The number of rotatable bonds is 2. The first-order valence-corrected chi connectivity index (χ1v) is 7.09. The molecule has 4 nitrogen and oxygen atoms in total. The standard InChI is InChI=1S/C14H22N4/c1-3-14(5-7-15-8-6-14)4-2-12(1)18-13-9-16-11-17-10-13/h9-12,15,18H,1-8H2. The molecule has 18 heavy (non-hydrogen) atoms. The zero-order valence-corrected chi connectivity index (χ0v) is 10.9. The maximum Gasteiger partial charge on any atom is 0.115 e. The third-order valence-electron chi connectivity index (χ3n) is 4.64. The van der Waals surface area contributed by atoms with E-state index in [0.717, 1.165) is 5.69 Å². The van der Waals surface area contributed by atoms with Crippen LogP contribution in [0.5, 0.6) is 0 Å². The normalized spacial score (nSPS) is 24.0. The minimum atomic E-state index is 0.608. The van der Waals surface area contributed by atoms with Gasteiger partial charge in [0.2, 0.25) is 0 Å². The largest absolute Gasteiger partial charge is 0.380 e. The molecular formula is C14H22N4. The van der Waals surface area contributed by atoms with Crippen molar-refractivity contribution in [2.24, 2.45) is 5.41 Å². The van der Waals surface area contributed by atoms with Gasteiger partial charge in [-0.1, -0.05) is 0 Å². The summed E-state index contributed by atoms with van der Waals surface area (Å²) in [5.74, 6) is 0. The van der Waals surface area contributed by atoms with Gasteiger partial charge in [-0.05, 0) is 57.0 Å². The van der Waals surface area contributed by atoms with Crippen LogP contribution in [0.2, 0.25) is 0 Å². The number of nitrogens with one attached hydrogen (secondary N) is 2. The van der Waals surface area contributed by atoms with Crippen LogP contribution in [0, 0.1) is 5.41 Å². The molecule has 2 fully saturated rings. The van der Waals surface area contributed by atoms with E-state index in [0.29, 0.717) is 11.5 Å². The molecule has 0 aromatic carbocycles. The van der Waals surface area contributed by atoms with Crippen molar-refractivity contribution in [1.82, 2.24) is 15.3 Å². The summed E-state index contributed by atoms with van der Waals surface area (Å²) < 4.78 is 0. The predicted molar refractivity (Wildman–Crippen MR) is 72.4 cm³/mol. The Hall–Kier alpha value is -1.16. The van der Waals surface area contributed by atoms with E-state index in [1.165, 1.54) is 51.6 Å². The molecule has 1 aliphatic heterocycles. The molecule has 1 aromatic heterocycles. The van der Waals surface area contributed by atoms with Gasteiger partial charge in [0.25, 0.3) is 0 Å². The maximum atomic E-state index is 4.05. The Morgan fingerprint density at radius 2 is 1.72 bits per heavy atom. The molecule has 1 aromatic rings. The lowest BCUT2D eigenvalue weighted by molar-refractivity contribution is 0.128. The van der Waals surface area contributed by atoms with Gasteiger partial charge >= 0.3 is 0 Å². The Morgan fingerprint density at radius 1 is 1.06 bits per heavy atom. The first kappa shape index (κ1) is 11.9. The third-order valence-corrected chi connectivity index (χ3v) is 4.64. The van der Waals surface area contributed by atoms with Gasteiger partial charge in [0.1, 0.15) is 6.33 Å². The zero-order valence-electron chi connectivity index (χ0n) is 10.9. The molecule has 0 radical (unpaired) electrons. The van der Waals surface area contributed by atoms with E-state index >= 15 is 0 Å². The molecule has 0 bridgehead atoms. The fraction of sp³-hybridized carbons (Fsp3) is 0.714. The van der Waals surface area contributed by atoms with Crippen LogP contribution in [0.25, 0.3) is 0 Å². The van der Waals surface area contributed by atoms with Crippen LogP contribution in [-0.4, -0.2) is 29.1 Å². The van der Waals surface area contributed by atoms with Crippen molar-refractivity contribution < 1.29 is 0 Å². The van der Waals surface area contributed by atoms with E-state index in [1.54, 1.807) is 6.33 Å². The number of hydrogen-bond acceptors (Lipinski definition) is 4. The lowest BCUT2D eigenvalue weighted by Gasteiger charge is -2.43. The topological polar surface area (TPSA) is 49.8 Å². The minimum Gasteiger partial charge on any atom is -0.380 e. The number of piperidine rings is 1. The summed E-state index contributed by atoms with van der Waals surface area (Å²) in [7, 11) is 0. The van der Waals surface area contributed by atoms with E-state index in [9.17, 15) is 0 Å². The highest BCUT2D eigenvalue weighted by molar-refractivity contribution is 5.38. The molecule has 98 valence electrons. The minimum absolute atomic E-state index is 0.608. The highest BCUT2D eigenvalue weighted by Gasteiger charge is 2.35. The van der Waals surface area contributed by atoms with Crippen LogP contribution in [0.4, 0.5) is 5.69 Å². The Labute approximate surface area is 109 Å². The number of anilines is 1. The van der Waals surface area contributed by atoms with E-state index < -0.39 is 0 Å². The van der Waals surface area contributed by atoms with Gasteiger partial charge in [-0.2, -0.15) is 0 Å². The van der Waals surface area contributed by atoms with Crippen LogP contribution < -0.4 is 10.6 Å². The Balaban J connectivity index is 1.54. The van der Waals surface area contributed by atoms with Crippen LogP contribution in [0.3, 0.4) is 0 Å². The van der Waals surface area contributed by atoms with E-state index in [-0.39, 0.29) is 0 Å². The predicted octanol–water partition coefficient (Wildman–Crippen LogP) is 2.20. The third kappa shape index (κ3) is 2.64. The second-order valence-corrected chi connectivity index (χ2v) is 5.80. The molecule has 0 amide bonds. The SMILES string of the molecule is c1ncc(NC2CCC3(CCNCC3)CC2)cn1. The quantitative estimate of drug-likeness (QED) is 0.840. The summed E-state index contributed by atoms with van der Waals surface area (Å²) in [4.78, 5) is 8.10. The maximum absolute atomic E-state index is 4.05. The fourth-order valence-electron chi connectivity index (χ4n) is 3.44. The molecule has 2 heterocycles. The zero-order chi connectivity index (χ0) is 12.3. The van der Waals surface area contributed by atoms with Gasteiger partial charge in [0.05, 0.1) is 18.1 Å². The van der Waals surface area contributed by atoms with Gasteiger partial charge in [0.15, 0.2) is 0 Å². The van der Waals surface area contributed by atoms with Crippen LogP contribution in [0.1, 0.15) is 38.5 Å². The summed E-state index contributed by atoms with van der Waals surface area (Å²) in [5.41, 5.74) is 1.71. The summed E-state index contributed by atoms with van der Waals surface area (Å²) in [6.07, 6.45) is 13.4. The highest BCUT2D eigenvalue weighted by atomic mass is 15.0. The van der Waals surface area contributed by atoms with E-state index in [4.69, 9.17) is 0 Å².